The Morgan fingerprint density at radius 3 is 2.20 bits per heavy atom. The van der Waals surface area contributed by atoms with Crippen molar-refractivity contribution in [3.8, 4) is 11.8 Å². The van der Waals surface area contributed by atoms with Gasteiger partial charge in [0.05, 0.1) is 6.61 Å². The molecule has 0 aliphatic carbocycles. The number of unbranched alkanes of at least 4 members (excludes halogenated alkanes) is 8. The highest BCUT2D eigenvalue weighted by molar-refractivity contribution is 5.70. The number of benzene rings is 1. The lowest BCUT2D eigenvalue weighted by Crippen LogP contribution is -2.24. The summed E-state index contributed by atoms with van der Waals surface area (Å²) >= 11 is 0. The summed E-state index contributed by atoms with van der Waals surface area (Å²) in [5, 5.41) is 0. The van der Waals surface area contributed by atoms with Crippen LogP contribution in [0.3, 0.4) is 0 Å². The fourth-order valence-electron chi connectivity index (χ4n) is 3.27. The highest BCUT2D eigenvalue weighted by Gasteiger charge is 2.16. The second kappa shape index (κ2) is 16.0. The minimum absolute atomic E-state index is 0.162. The van der Waals surface area contributed by atoms with Crippen LogP contribution in [0.1, 0.15) is 103 Å². The van der Waals surface area contributed by atoms with Crippen LogP contribution < -0.4 is 0 Å². The van der Waals surface area contributed by atoms with E-state index in [9.17, 15) is 4.79 Å². The lowest BCUT2D eigenvalue weighted by atomic mass is 10.0. The largest absolute Gasteiger partial charge is 0.460 e. The molecule has 1 aromatic carbocycles. The van der Waals surface area contributed by atoms with Gasteiger partial charge in [0.1, 0.15) is 12.2 Å². The molecule has 0 aliphatic heterocycles. The van der Waals surface area contributed by atoms with E-state index in [4.69, 9.17) is 9.47 Å². The van der Waals surface area contributed by atoms with Crippen molar-refractivity contribution in [2.24, 2.45) is 0 Å². The number of carbonyl (C=O) groups excluding carboxylic acids is 1. The molecule has 0 saturated carbocycles. The van der Waals surface area contributed by atoms with Crippen LogP contribution in [-0.2, 0) is 27.3 Å². The van der Waals surface area contributed by atoms with Crippen LogP contribution in [0.15, 0.2) is 24.3 Å². The molecule has 0 radical (unpaired) electrons. The third kappa shape index (κ3) is 14.2. The predicted molar refractivity (Wildman–Crippen MR) is 125 cm³/mol. The quantitative estimate of drug-likeness (QED) is 0.186. The Balaban J connectivity index is 2.19. The first-order valence-electron chi connectivity index (χ1n) is 11.7. The van der Waals surface area contributed by atoms with Gasteiger partial charge in [0.25, 0.3) is 0 Å². The molecule has 0 fully saturated rings. The third-order valence-corrected chi connectivity index (χ3v) is 4.85. The Bertz CT molecular complexity index is 646. The van der Waals surface area contributed by atoms with E-state index in [0.29, 0.717) is 26.1 Å². The molecule has 3 heteroatoms. The number of rotatable bonds is 14. The van der Waals surface area contributed by atoms with Gasteiger partial charge in [0.2, 0.25) is 0 Å². The average molecular weight is 415 g/mol. The lowest BCUT2D eigenvalue weighted by molar-refractivity contribution is -0.154. The van der Waals surface area contributed by atoms with Crippen molar-refractivity contribution in [2.45, 2.75) is 111 Å². The summed E-state index contributed by atoms with van der Waals surface area (Å²) in [6, 6.07) is 8.11. The van der Waals surface area contributed by atoms with Gasteiger partial charge < -0.3 is 9.47 Å². The highest BCUT2D eigenvalue weighted by Crippen LogP contribution is 2.15. The van der Waals surface area contributed by atoms with Crippen LogP contribution in [0.25, 0.3) is 0 Å². The number of ether oxygens (including phenoxy) is 2. The Labute approximate surface area is 184 Å². The van der Waals surface area contributed by atoms with Crippen molar-refractivity contribution < 1.29 is 14.3 Å². The van der Waals surface area contributed by atoms with Crippen LogP contribution in [0.5, 0.6) is 0 Å². The summed E-state index contributed by atoms with van der Waals surface area (Å²) in [6.45, 7) is 8.91. The van der Waals surface area contributed by atoms with E-state index in [-0.39, 0.29) is 5.97 Å². The standard InChI is InChI=1S/C27H42O3/c1-5-6-7-8-9-10-11-12-13-14-17-22-29-23-25-19-16-15-18-24(25)20-21-26(28)30-27(2,3)4/h15-16,18-19H,5-13,20-23H2,1-4H3. The van der Waals surface area contributed by atoms with E-state index in [0.717, 1.165) is 17.5 Å². The van der Waals surface area contributed by atoms with Crippen molar-refractivity contribution in [1.29, 1.82) is 0 Å². The van der Waals surface area contributed by atoms with Crippen LogP contribution in [0, 0.1) is 11.8 Å². The molecule has 0 atom stereocenters. The zero-order valence-corrected chi connectivity index (χ0v) is 19.7. The molecule has 1 rings (SSSR count). The van der Waals surface area contributed by atoms with Crippen LogP contribution in [0.2, 0.25) is 0 Å². The van der Waals surface area contributed by atoms with Gasteiger partial charge in [-0.05, 0) is 44.7 Å². The molecule has 0 bridgehead atoms. The zero-order chi connectivity index (χ0) is 22.1. The van der Waals surface area contributed by atoms with Crippen molar-refractivity contribution in [3.63, 3.8) is 0 Å². The number of hydrogen-bond acceptors (Lipinski definition) is 3. The molecule has 30 heavy (non-hydrogen) atoms. The first-order valence-corrected chi connectivity index (χ1v) is 11.7. The molecule has 0 amide bonds. The number of esters is 1. The monoisotopic (exact) mass is 414 g/mol. The lowest BCUT2D eigenvalue weighted by Gasteiger charge is -2.19. The number of carbonyl (C=O) groups is 1. The SMILES string of the molecule is CCCCCCCCCCC#CCOCc1ccccc1CCC(=O)OC(C)(C)C. The minimum atomic E-state index is -0.437. The van der Waals surface area contributed by atoms with Crippen LogP contribution in [0.4, 0.5) is 0 Å². The van der Waals surface area contributed by atoms with E-state index in [1.54, 1.807) is 0 Å². The molecule has 0 spiro atoms. The normalized spacial score (nSPS) is 11.1. The van der Waals surface area contributed by atoms with E-state index < -0.39 is 5.60 Å². The second-order valence-corrected chi connectivity index (χ2v) is 8.93. The molecule has 0 aliphatic rings. The van der Waals surface area contributed by atoms with E-state index in [1.807, 2.05) is 32.9 Å². The molecular formula is C27H42O3. The molecule has 0 N–H and O–H groups in total. The summed E-state index contributed by atoms with van der Waals surface area (Å²) in [4.78, 5) is 12.0. The van der Waals surface area contributed by atoms with Crippen molar-refractivity contribution in [2.75, 3.05) is 6.61 Å². The first kappa shape index (κ1) is 26.2. The second-order valence-electron chi connectivity index (χ2n) is 8.93. The molecule has 0 heterocycles. The van der Waals surface area contributed by atoms with Crippen molar-refractivity contribution in [3.05, 3.63) is 35.4 Å². The summed E-state index contributed by atoms with van der Waals surface area (Å²) < 4.78 is 11.1. The van der Waals surface area contributed by atoms with E-state index in [1.165, 1.54) is 51.4 Å². The van der Waals surface area contributed by atoms with E-state index >= 15 is 0 Å². The van der Waals surface area contributed by atoms with Gasteiger partial charge in [0, 0.05) is 12.8 Å². The summed E-state index contributed by atoms with van der Waals surface area (Å²) in [5.74, 6) is 6.18. The average Bonchev–Trinajstić information content (AvgIpc) is 2.69. The number of aryl methyl sites for hydroxylation is 1. The third-order valence-electron chi connectivity index (χ3n) is 4.85. The van der Waals surface area contributed by atoms with Crippen molar-refractivity contribution >= 4 is 5.97 Å². The van der Waals surface area contributed by atoms with Gasteiger partial charge in [-0.2, -0.15) is 0 Å². The van der Waals surface area contributed by atoms with Gasteiger partial charge in [-0.15, -0.1) is 5.92 Å². The maximum Gasteiger partial charge on any atom is 0.306 e. The van der Waals surface area contributed by atoms with Crippen molar-refractivity contribution in [1.82, 2.24) is 0 Å². The molecule has 0 aromatic heterocycles. The summed E-state index contributed by atoms with van der Waals surface area (Å²) in [6.07, 6.45) is 12.6. The molecule has 1 aromatic rings. The molecular weight excluding hydrogens is 372 g/mol. The van der Waals surface area contributed by atoms with Gasteiger partial charge in [-0.3, -0.25) is 4.79 Å². The Kier molecular flexibility index (Phi) is 14.0. The van der Waals surface area contributed by atoms with Crippen LogP contribution in [-0.4, -0.2) is 18.2 Å². The molecule has 0 unspecified atom stereocenters. The molecule has 0 saturated heterocycles. The van der Waals surface area contributed by atoms with E-state index in [2.05, 4.69) is 30.9 Å². The predicted octanol–water partition coefficient (Wildman–Crippen LogP) is 7.01. The maximum atomic E-state index is 12.0. The highest BCUT2D eigenvalue weighted by atomic mass is 16.6. The maximum absolute atomic E-state index is 12.0. The molecule has 168 valence electrons. The summed E-state index contributed by atoms with van der Waals surface area (Å²) in [5.41, 5.74) is 1.81. The van der Waals surface area contributed by atoms with Gasteiger partial charge in [0.15, 0.2) is 0 Å². The summed E-state index contributed by atoms with van der Waals surface area (Å²) in [7, 11) is 0. The zero-order valence-electron chi connectivity index (χ0n) is 19.7. The fraction of sp³-hybridized carbons (Fsp3) is 0.667. The Morgan fingerprint density at radius 2 is 1.53 bits per heavy atom. The Hall–Kier alpha value is -1.79. The Morgan fingerprint density at radius 1 is 0.900 bits per heavy atom. The molecule has 3 nitrogen and oxygen atoms in total. The number of hydrogen-bond donors (Lipinski definition) is 0. The first-order chi connectivity index (χ1) is 14.4. The van der Waals surface area contributed by atoms with Gasteiger partial charge in [-0.25, -0.2) is 0 Å². The smallest absolute Gasteiger partial charge is 0.306 e. The van der Waals surface area contributed by atoms with Gasteiger partial charge >= 0.3 is 5.97 Å². The minimum Gasteiger partial charge on any atom is -0.460 e. The van der Waals surface area contributed by atoms with Crippen LogP contribution >= 0.6 is 0 Å². The fourth-order valence-corrected chi connectivity index (χ4v) is 3.27. The van der Waals surface area contributed by atoms with Gasteiger partial charge in [-0.1, -0.05) is 82.1 Å². The topological polar surface area (TPSA) is 35.5 Å².